The van der Waals surface area contributed by atoms with E-state index in [0.29, 0.717) is 0 Å². The van der Waals surface area contributed by atoms with E-state index in [9.17, 15) is 0 Å². The van der Waals surface area contributed by atoms with Gasteiger partial charge in [-0.3, -0.25) is 0 Å². The molecule has 0 bridgehead atoms. The van der Waals surface area contributed by atoms with Crippen LogP contribution in [-0.4, -0.2) is 34.1 Å². The molecule has 1 saturated heterocycles. The summed E-state index contributed by atoms with van der Waals surface area (Å²) < 4.78 is 6.68. The van der Waals surface area contributed by atoms with Crippen molar-refractivity contribution in [2.45, 2.75) is 69.9 Å². The molecule has 3 nitrogen and oxygen atoms in total. The first-order valence-corrected chi connectivity index (χ1v) is 13.9. The van der Waals surface area contributed by atoms with Gasteiger partial charge in [0.1, 0.15) is 0 Å². The van der Waals surface area contributed by atoms with Gasteiger partial charge >= 0.3 is 0 Å². The summed E-state index contributed by atoms with van der Waals surface area (Å²) >= 11 is 0. The SMILES string of the molecule is CC1(C)CC[Si](C)(CCCN)[Si](C)(CCCN)O1. The van der Waals surface area contributed by atoms with Crippen molar-refractivity contribution in [3.8, 4) is 0 Å². The Kier molecular flexibility index (Phi) is 5.62. The van der Waals surface area contributed by atoms with Gasteiger partial charge < -0.3 is 15.9 Å². The van der Waals surface area contributed by atoms with Crippen LogP contribution in [0.3, 0.4) is 0 Å². The van der Waals surface area contributed by atoms with Gasteiger partial charge in [-0.1, -0.05) is 18.6 Å². The first-order chi connectivity index (χ1) is 8.29. The third-order valence-corrected chi connectivity index (χ3v) is 22.7. The molecule has 1 fully saturated rings. The zero-order chi connectivity index (χ0) is 13.9. The van der Waals surface area contributed by atoms with Gasteiger partial charge in [0.05, 0.1) is 13.2 Å². The molecule has 2 atom stereocenters. The Balaban J connectivity index is 2.85. The minimum atomic E-state index is -1.58. The van der Waals surface area contributed by atoms with Crippen molar-refractivity contribution in [2.75, 3.05) is 13.1 Å². The molecule has 1 heterocycles. The molecule has 108 valence electrons. The first-order valence-electron chi connectivity index (χ1n) is 7.39. The summed E-state index contributed by atoms with van der Waals surface area (Å²) in [6, 6.07) is 4.03. The monoisotopic (exact) mass is 288 g/mol. The molecule has 0 aromatic heterocycles. The summed E-state index contributed by atoms with van der Waals surface area (Å²) in [4.78, 5) is 0. The maximum Gasteiger partial charge on any atom is 0.177 e. The molecule has 0 aromatic rings. The lowest BCUT2D eigenvalue weighted by molar-refractivity contribution is 0.0907. The Hall–Kier alpha value is 0.314. The van der Waals surface area contributed by atoms with E-state index in [2.05, 4.69) is 26.9 Å². The van der Waals surface area contributed by atoms with Gasteiger partial charge in [-0.05, 0) is 58.8 Å². The Bertz CT molecular complexity index is 276. The van der Waals surface area contributed by atoms with E-state index in [4.69, 9.17) is 15.9 Å². The van der Waals surface area contributed by atoms with Crippen molar-refractivity contribution in [1.82, 2.24) is 0 Å². The van der Waals surface area contributed by atoms with Gasteiger partial charge in [0, 0.05) is 0 Å². The maximum atomic E-state index is 6.68. The van der Waals surface area contributed by atoms with Crippen molar-refractivity contribution in [3.63, 3.8) is 0 Å². The fourth-order valence-electron chi connectivity index (χ4n) is 3.30. The molecule has 0 saturated carbocycles. The molecule has 18 heavy (non-hydrogen) atoms. The Labute approximate surface area is 115 Å². The smallest absolute Gasteiger partial charge is 0.177 e. The van der Waals surface area contributed by atoms with Crippen LogP contribution >= 0.6 is 0 Å². The van der Waals surface area contributed by atoms with Crippen LogP contribution in [-0.2, 0) is 4.43 Å². The molecule has 0 radical (unpaired) electrons. The molecule has 4 N–H and O–H groups in total. The second kappa shape index (κ2) is 6.18. The summed E-state index contributed by atoms with van der Waals surface area (Å²) in [6.45, 7) is 11.2. The van der Waals surface area contributed by atoms with Gasteiger partial charge in [0.15, 0.2) is 7.83 Å². The highest BCUT2D eigenvalue weighted by Gasteiger charge is 2.54. The van der Waals surface area contributed by atoms with Crippen LogP contribution in [0.1, 0.15) is 33.1 Å². The van der Waals surface area contributed by atoms with Crippen LogP contribution < -0.4 is 11.5 Å². The Morgan fingerprint density at radius 1 is 1.06 bits per heavy atom. The molecule has 1 aliphatic rings. The van der Waals surface area contributed by atoms with Crippen LogP contribution in [0.2, 0.25) is 31.2 Å². The molecular weight excluding hydrogens is 256 g/mol. The average Bonchev–Trinajstić information content (AvgIpc) is 2.29. The highest BCUT2D eigenvalue weighted by molar-refractivity contribution is 7.39. The lowest BCUT2D eigenvalue weighted by Crippen LogP contribution is -2.67. The second-order valence-electron chi connectivity index (χ2n) is 6.94. The highest BCUT2D eigenvalue weighted by atomic mass is 29.3. The van der Waals surface area contributed by atoms with Crippen LogP contribution in [0.5, 0.6) is 0 Å². The molecule has 0 aliphatic carbocycles. The van der Waals surface area contributed by atoms with Crippen molar-refractivity contribution in [1.29, 1.82) is 0 Å². The van der Waals surface area contributed by atoms with E-state index in [1.807, 2.05) is 0 Å². The van der Waals surface area contributed by atoms with Crippen LogP contribution in [0, 0.1) is 0 Å². The van der Waals surface area contributed by atoms with E-state index in [1.54, 1.807) is 0 Å². The average molecular weight is 289 g/mol. The maximum absolute atomic E-state index is 6.68. The van der Waals surface area contributed by atoms with E-state index < -0.39 is 15.4 Å². The molecule has 1 rings (SSSR count). The summed E-state index contributed by atoms with van der Waals surface area (Å²) in [5.41, 5.74) is 11.5. The predicted molar refractivity (Wildman–Crippen MR) is 84.8 cm³/mol. The van der Waals surface area contributed by atoms with Gasteiger partial charge in [-0.25, -0.2) is 0 Å². The first kappa shape index (κ1) is 16.4. The van der Waals surface area contributed by atoms with Crippen LogP contribution in [0.15, 0.2) is 0 Å². The molecule has 0 aromatic carbocycles. The van der Waals surface area contributed by atoms with E-state index in [1.165, 1.54) is 31.0 Å². The normalized spacial score (nSPS) is 35.7. The topological polar surface area (TPSA) is 61.3 Å². The fourth-order valence-corrected chi connectivity index (χ4v) is 17.9. The lowest BCUT2D eigenvalue weighted by Gasteiger charge is -2.53. The van der Waals surface area contributed by atoms with E-state index >= 15 is 0 Å². The summed E-state index contributed by atoms with van der Waals surface area (Å²) in [5, 5.41) is 0. The van der Waals surface area contributed by atoms with Crippen LogP contribution in [0.25, 0.3) is 0 Å². The lowest BCUT2D eigenvalue weighted by atomic mass is 10.1. The van der Waals surface area contributed by atoms with Gasteiger partial charge in [0.25, 0.3) is 0 Å². The molecule has 5 heteroatoms. The number of nitrogens with two attached hydrogens (primary N) is 2. The molecule has 0 amide bonds. The fraction of sp³-hybridized carbons (Fsp3) is 1.00. The van der Waals surface area contributed by atoms with Gasteiger partial charge in [-0.2, -0.15) is 0 Å². The minimum Gasteiger partial charge on any atom is -0.415 e. The second-order valence-corrected chi connectivity index (χ2v) is 21.0. The Morgan fingerprint density at radius 3 is 2.17 bits per heavy atom. The molecule has 1 aliphatic heterocycles. The largest absolute Gasteiger partial charge is 0.415 e. The zero-order valence-electron chi connectivity index (χ0n) is 12.7. The summed E-state index contributed by atoms with van der Waals surface area (Å²) in [7, 11) is -2.84. The molecule has 2 unspecified atom stereocenters. The van der Waals surface area contributed by atoms with E-state index in [0.717, 1.165) is 19.5 Å². The van der Waals surface area contributed by atoms with Crippen molar-refractivity contribution in [3.05, 3.63) is 0 Å². The highest BCUT2D eigenvalue weighted by Crippen LogP contribution is 2.43. The molecular formula is C13H32N2OSi2. The number of hydrogen-bond donors (Lipinski definition) is 2. The van der Waals surface area contributed by atoms with Gasteiger partial charge in [-0.15, -0.1) is 0 Å². The number of hydrogen-bond acceptors (Lipinski definition) is 3. The van der Waals surface area contributed by atoms with Crippen molar-refractivity contribution < 1.29 is 4.43 Å². The Morgan fingerprint density at radius 2 is 1.61 bits per heavy atom. The standard InChI is InChI=1S/C13H32N2OSi2/c1-13(2)7-12-17(3,10-5-8-14)18(4,16-13)11-6-9-15/h5-12,14-15H2,1-4H3. The summed E-state index contributed by atoms with van der Waals surface area (Å²) in [6.07, 6.45) is 3.53. The minimum absolute atomic E-state index is 0.0881. The van der Waals surface area contributed by atoms with Crippen molar-refractivity contribution >= 4 is 15.4 Å². The zero-order valence-corrected chi connectivity index (χ0v) is 14.7. The van der Waals surface area contributed by atoms with Crippen LogP contribution in [0.4, 0.5) is 0 Å². The van der Waals surface area contributed by atoms with Crippen molar-refractivity contribution in [2.24, 2.45) is 11.5 Å². The van der Waals surface area contributed by atoms with E-state index in [-0.39, 0.29) is 5.60 Å². The number of rotatable bonds is 6. The third-order valence-electron chi connectivity index (χ3n) is 4.85. The summed E-state index contributed by atoms with van der Waals surface area (Å²) in [5.74, 6) is 0. The predicted octanol–water partition coefficient (Wildman–Crippen LogP) is 2.62. The van der Waals surface area contributed by atoms with Gasteiger partial charge in [0.2, 0.25) is 0 Å². The quantitative estimate of drug-likeness (QED) is 0.739. The molecule has 0 spiro atoms. The third kappa shape index (κ3) is 3.66.